The molecule has 0 saturated carbocycles. The van der Waals surface area contributed by atoms with Crippen molar-refractivity contribution in [2.75, 3.05) is 7.11 Å². The molecule has 0 fully saturated rings. The Labute approximate surface area is 149 Å². The molecule has 0 spiro atoms. The molecule has 1 aromatic heterocycles. The molecule has 3 aromatic rings. The first kappa shape index (κ1) is 17.2. The molecule has 0 amide bonds. The van der Waals surface area contributed by atoms with E-state index in [1.165, 1.54) is 19.3 Å². The lowest BCUT2D eigenvalue weighted by Crippen LogP contribution is -2.04. The summed E-state index contributed by atoms with van der Waals surface area (Å²) in [5.74, 6) is 0.0846. The molecule has 0 aliphatic rings. The second kappa shape index (κ2) is 7.49. The summed E-state index contributed by atoms with van der Waals surface area (Å²) in [6, 6.07) is 17.9. The van der Waals surface area contributed by atoms with Crippen LogP contribution in [0.1, 0.15) is 16.1 Å². The number of nitriles is 1. The molecule has 4 nitrogen and oxygen atoms in total. The molecule has 0 saturated heterocycles. The summed E-state index contributed by atoms with van der Waals surface area (Å²) < 4.78 is 24.6. The number of halogens is 1. The zero-order chi connectivity index (χ0) is 18.5. The summed E-state index contributed by atoms with van der Waals surface area (Å²) in [4.78, 5) is 12.6. The fourth-order valence-corrected chi connectivity index (χ4v) is 2.50. The molecule has 5 heteroatoms. The molecular weight excluding hydrogens is 333 g/mol. The Bertz CT molecular complexity index is 1030. The third-order valence-electron chi connectivity index (χ3n) is 3.77. The number of allylic oxidation sites excluding steroid dienone is 1. The topological polar surface area (TPSA) is 63.2 Å². The predicted molar refractivity (Wildman–Crippen MR) is 95.0 cm³/mol. The molecule has 3 rings (SSSR count). The van der Waals surface area contributed by atoms with Crippen molar-refractivity contribution < 1.29 is 18.3 Å². The number of rotatable bonds is 5. The third kappa shape index (κ3) is 3.40. The molecule has 2 aromatic carbocycles. The number of Topliss-reactive ketones (excluding diaryl/α,β-unsaturated/α-hetero) is 1. The minimum absolute atomic E-state index is 0.107. The number of furan rings is 1. The van der Waals surface area contributed by atoms with Crippen LogP contribution < -0.4 is 4.74 Å². The Kier molecular flexibility index (Phi) is 4.95. The molecule has 1 heterocycles. The Morgan fingerprint density at radius 2 is 1.85 bits per heavy atom. The number of nitrogens with zero attached hydrogens (tertiary/aromatic N) is 1. The van der Waals surface area contributed by atoms with Gasteiger partial charge in [0.1, 0.15) is 34.7 Å². The minimum atomic E-state index is -0.478. The monoisotopic (exact) mass is 347 g/mol. The lowest BCUT2D eigenvalue weighted by atomic mass is 10.0. The van der Waals surface area contributed by atoms with Gasteiger partial charge in [-0.15, -0.1) is 0 Å². The Hall–Kier alpha value is -3.65. The largest absolute Gasteiger partial charge is 0.496 e. The molecule has 128 valence electrons. The molecule has 0 unspecified atom stereocenters. The van der Waals surface area contributed by atoms with Crippen LogP contribution in [-0.4, -0.2) is 12.9 Å². The van der Waals surface area contributed by atoms with Crippen LogP contribution in [0.25, 0.3) is 17.4 Å². The van der Waals surface area contributed by atoms with Crippen molar-refractivity contribution >= 4 is 11.9 Å². The molecule has 0 N–H and O–H groups in total. The summed E-state index contributed by atoms with van der Waals surface area (Å²) in [6.45, 7) is 0. The van der Waals surface area contributed by atoms with Gasteiger partial charge in [-0.1, -0.05) is 24.3 Å². The van der Waals surface area contributed by atoms with Gasteiger partial charge < -0.3 is 9.15 Å². The number of para-hydroxylation sites is 1. The van der Waals surface area contributed by atoms with Crippen LogP contribution in [0.4, 0.5) is 4.39 Å². The molecule has 0 radical (unpaired) electrons. The van der Waals surface area contributed by atoms with E-state index in [1.807, 2.05) is 6.07 Å². The fourth-order valence-electron chi connectivity index (χ4n) is 2.50. The van der Waals surface area contributed by atoms with E-state index >= 15 is 0 Å². The van der Waals surface area contributed by atoms with Gasteiger partial charge in [-0.2, -0.15) is 5.26 Å². The average Bonchev–Trinajstić information content (AvgIpc) is 3.14. The van der Waals surface area contributed by atoms with Crippen molar-refractivity contribution in [2.45, 2.75) is 0 Å². The zero-order valence-corrected chi connectivity index (χ0v) is 13.9. The number of carbonyl (C=O) groups excluding carboxylic acids is 1. The van der Waals surface area contributed by atoms with Crippen LogP contribution in [0.2, 0.25) is 0 Å². The molecule has 26 heavy (non-hydrogen) atoms. The van der Waals surface area contributed by atoms with Gasteiger partial charge in [-0.05, 0) is 36.4 Å². The first-order chi connectivity index (χ1) is 12.6. The normalized spacial score (nSPS) is 11.0. The summed E-state index contributed by atoms with van der Waals surface area (Å²) in [5, 5.41) is 9.37. The molecule has 0 atom stereocenters. The first-order valence-corrected chi connectivity index (χ1v) is 7.78. The van der Waals surface area contributed by atoms with Crippen molar-refractivity contribution in [3.05, 3.63) is 83.4 Å². The fraction of sp³-hybridized carbons (Fsp3) is 0.0476. The Balaban J connectivity index is 1.94. The quantitative estimate of drug-likeness (QED) is 0.375. The molecule has 0 aliphatic heterocycles. The third-order valence-corrected chi connectivity index (χ3v) is 3.77. The van der Waals surface area contributed by atoms with Crippen molar-refractivity contribution in [2.24, 2.45) is 0 Å². The van der Waals surface area contributed by atoms with E-state index in [9.17, 15) is 14.4 Å². The number of hydrogen-bond acceptors (Lipinski definition) is 4. The zero-order valence-electron chi connectivity index (χ0n) is 13.9. The highest BCUT2D eigenvalue weighted by Gasteiger charge is 2.17. The predicted octanol–water partition coefficient (Wildman–Crippen LogP) is 4.88. The van der Waals surface area contributed by atoms with E-state index < -0.39 is 11.6 Å². The van der Waals surface area contributed by atoms with Crippen LogP contribution in [-0.2, 0) is 0 Å². The number of carbonyl (C=O) groups is 1. The number of hydrogen-bond donors (Lipinski definition) is 0. The number of benzene rings is 2. The maximum Gasteiger partial charge on any atom is 0.207 e. The van der Waals surface area contributed by atoms with E-state index in [0.717, 1.165) is 0 Å². The molecular formula is C21H14FNO3. The SMILES string of the molecule is COc1ccccc1C(=O)/C(C#N)=C/c1ccc(-c2ccccc2F)o1. The number of ketones is 1. The van der Waals surface area contributed by atoms with Gasteiger partial charge >= 0.3 is 0 Å². The van der Waals surface area contributed by atoms with E-state index in [2.05, 4.69) is 0 Å². The van der Waals surface area contributed by atoms with Crippen molar-refractivity contribution in [3.63, 3.8) is 0 Å². The second-order valence-corrected chi connectivity index (χ2v) is 5.38. The van der Waals surface area contributed by atoms with Gasteiger partial charge in [0.2, 0.25) is 5.78 Å². The number of ether oxygens (including phenoxy) is 1. The second-order valence-electron chi connectivity index (χ2n) is 5.38. The summed E-state index contributed by atoms with van der Waals surface area (Å²) in [7, 11) is 1.45. The Morgan fingerprint density at radius 3 is 2.58 bits per heavy atom. The van der Waals surface area contributed by atoms with E-state index in [4.69, 9.17) is 9.15 Å². The standard InChI is InChI=1S/C21H14FNO3/c1-25-19-9-5-3-7-17(19)21(24)14(13-23)12-15-10-11-20(26-15)16-6-2-4-8-18(16)22/h2-12H,1H3/b14-12+. The van der Waals surface area contributed by atoms with Crippen molar-refractivity contribution in [1.29, 1.82) is 5.26 Å². The van der Waals surface area contributed by atoms with E-state index in [-0.39, 0.29) is 16.9 Å². The average molecular weight is 347 g/mol. The lowest BCUT2D eigenvalue weighted by Gasteiger charge is -2.06. The van der Waals surface area contributed by atoms with Crippen molar-refractivity contribution in [3.8, 4) is 23.1 Å². The first-order valence-electron chi connectivity index (χ1n) is 7.78. The maximum absolute atomic E-state index is 13.9. The summed E-state index contributed by atoms with van der Waals surface area (Å²) in [6.07, 6.45) is 1.33. The van der Waals surface area contributed by atoms with Gasteiger partial charge in [0, 0.05) is 6.08 Å². The lowest BCUT2D eigenvalue weighted by molar-refractivity contribution is 0.103. The summed E-state index contributed by atoms with van der Waals surface area (Å²) >= 11 is 0. The highest BCUT2D eigenvalue weighted by Crippen LogP contribution is 2.27. The smallest absolute Gasteiger partial charge is 0.207 e. The van der Waals surface area contributed by atoms with E-state index in [1.54, 1.807) is 54.6 Å². The van der Waals surface area contributed by atoms with Gasteiger partial charge in [-0.25, -0.2) is 4.39 Å². The highest BCUT2D eigenvalue weighted by atomic mass is 19.1. The maximum atomic E-state index is 13.9. The highest BCUT2D eigenvalue weighted by molar-refractivity contribution is 6.15. The molecule has 0 aliphatic carbocycles. The van der Waals surface area contributed by atoms with Crippen molar-refractivity contribution in [1.82, 2.24) is 0 Å². The van der Waals surface area contributed by atoms with Crippen LogP contribution in [0.15, 0.2) is 70.7 Å². The Morgan fingerprint density at radius 1 is 1.12 bits per heavy atom. The van der Waals surface area contributed by atoms with Crippen LogP contribution in [0.3, 0.4) is 0 Å². The van der Waals surface area contributed by atoms with Crippen LogP contribution >= 0.6 is 0 Å². The van der Waals surface area contributed by atoms with E-state index in [0.29, 0.717) is 17.1 Å². The van der Waals surface area contributed by atoms with Crippen LogP contribution in [0, 0.1) is 17.1 Å². The summed E-state index contributed by atoms with van der Waals surface area (Å²) in [5.41, 5.74) is 0.481. The molecule has 0 bridgehead atoms. The van der Waals surface area contributed by atoms with Gasteiger partial charge in [0.05, 0.1) is 18.2 Å². The number of methoxy groups -OCH3 is 1. The van der Waals surface area contributed by atoms with Gasteiger partial charge in [-0.3, -0.25) is 4.79 Å². The van der Waals surface area contributed by atoms with Gasteiger partial charge in [0.15, 0.2) is 0 Å². The van der Waals surface area contributed by atoms with Crippen LogP contribution in [0.5, 0.6) is 5.75 Å². The van der Waals surface area contributed by atoms with Gasteiger partial charge in [0.25, 0.3) is 0 Å². The minimum Gasteiger partial charge on any atom is -0.496 e.